The highest BCUT2D eigenvalue weighted by molar-refractivity contribution is 5.74. The normalized spacial score (nSPS) is 16.7. The van der Waals surface area contributed by atoms with E-state index in [1.165, 1.54) is 11.6 Å². The number of amides is 2. The summed E-state index contributed by atoms with van der Waals surface area (Å²) >= 11 is 0. The number of hydrogen-bond donors (Lipinski definition) is 2. The van der Waals surface area contributed by atoms with E-state index >= 15 is 0 Å². The van der Waals surface area contributed by atoms with Crippen molar-refractivity contribution in [2.75, 3.05) is 32.1 Å². The summed E-state index contributed by atoms with van der Waals surface area (Å²) in [6.07, 6.45) is 1.82. The molecule has 1 atom stereocenters. The van der Waals surface area contributed by atoms with Crippen LogP contribution in [0.15, 0.2) is 42.5 Å². The first-order chi connectivity index (χ1) is 13.9. The zero-order chi connectivity index (χ0) is 20.8. The summed E-state index contributed by atoms with van der Waals surface area (Å²) in [5.41, 5.74) is 3.97. The van der Waals surface area contributed by atoms with Gasteiger partial charge in [-0.1, -0.05) is 30.3 Å². The second-order valence-electron chi connectivity index (χ2n) is 8.07. The number of aryl methyl sites for hydroxylation is 1. The highest BCUT2D eigenvalue weighted by atomic mass is 19.1. The van der Waals surface area contributed by atoms with Gasteiger partial charge in [0, 0.05) is 32.2 Å². The number of urea groups is 1. The van der Waals surface area contributed by atoms with Crippen LogP contribution in [0.25, 0.3) is 0 Å². The molecule has 1 fully saturated rings. The van der Waals surface area contributed by atoms with Crippen LogP contribution in [0.2, 0.25) is 0 Å². The number of anilines is 1. The quantitative estimate of drug-likeness (QED) is 0.781. The van der Waals surface area contributed by atoms with E-state index in [2.05, 4.69) is 21.6 Å². The maximum Gasteiger partial charge on any atom is 0.315 e. The number of nitrogens with one attached hydrogen (secondary N) is 2. The van der Waals surface area contributed by atoms with Crippen molar-refractivity contribution in [3.63, 3.8) is 0 Å². The van der Waals surface area contributed by atoms with Gasteiger partial charge in [-0.25, -0.2) is 9.18 Å². The van der Waals surface area contributed by atoms with Gasteiger partial charge in [-0.05, 0) is 62.7 Å². The van der Waals surface area contributed by atoms with Crippen LogP contribution in [0, 0.1) is 12.7 Å². The number of carbonyl (C=O) groups excluding carboxylic acids is 1. The van der Waals surface area contributed by atoms with Crippen LogP contribution in [-0.2, 0) is 13.1 Å². The molecule has 1 saturated heterocycles. The van der Waals surface area contributed by atoms with Gasteiger partial charge in [-0.15, -0.1) is 0 Å². The fourth-order valence-electron chi connectivity index (χ4n) is 3.82. The van der Waals surface area contributed by atoms with E-state index in [0.29, 0.717) is 18.8 Å². The molecule has 0 aliphatic carbocycles. The Morgan fingerprint density at radius 2 is 1.97 bits per heavy atom. The molecule has 1 aliphatic rings. The molecule has 2 aromatic rings. The monoisotopic (exact) mass is 398 g/mol. The number of nitrogens with zero attached hydrogens (tertiary/aromatic N) is 2. The van der Waals surface area contributed by atoms with Crippen molar-refractivity contribution in [1.29, 1.82) is 0 Å². The van der Waals surface area contributed by atoms with Crippen LogP contribution >= 0.6 is 0 Å². The largest absolute Gasteiger partial charge is 0.367 e. The highest BCUT2D eigenvalue weighted by Gasteiger charge is 2.23. The summed E-state index contributed by atoms with van der Waals surface area (Å²) in [5.74, 6) is -0.210. The summed E-state index contributed by atoms with van der Waals surface area (Å²) in [5, 5.41) is 6.03. The van der Waals surface area contributed by atoms with Crippen molar-refractivity contribution in [1.82, 2.24) is 15.5 Å². The summed E-state index contributed by atoms with van der Waals surface area (Å²) in [4.78, 5) is 16.6. The molecular formula is C23H31FN4O. The maximum absolute atomic E-state index is 14.2. The van der Waals surface area contributed by atoms with Crippen molar-refractivity contribution < 1.29 is 9.18 Å². The third-order valence-corrected chi connectivity index (χ3v) is 5.24. The van der Waals surface area contributed by atoms with Gasteiger partial charge in [0.15, 0.2) is 0 Å². The highest BCUT2D eigenvalue weighted by Crippen LogP contribution is 2.24. The van der Waals surface area contributed by atoms with Gasteiger partial charge in [0.1, 0.15) is 5.82 Å². The molecule has 0 aromatic heterocycles. The Kier molecular flexibility index (Phi) is 7.09. The lowest BCUT2D eigenvalue weighted by Crippen LogP contribution is -2.50. The molecule has 0 spiro atoms. The van der Waals surface area contributed by atoms with E-state index in [1.807, 2.05) is 50.2 Å². The van der Waals surface area contributed by atoms with Crippen molar-refractivity contribution in [3.8, 4) is 0 Å². The van der Waals surface area contributed by atoms with Crippen molar-refractivity contribution >= 4 is 11.7 Å². The smallest absolute Gasteiger partial charge is 0.315 e. The fraction of sp³-hybridized carbons (Fsp3) is 0.435. The van der Waals surface area contributed by atoms with E-state index in [9.17, 15) is 9.18 Å². The average molecular weight is 399 g/mol. The zero-order valence-electron chi connectivity index (χ0n) is 17.5. The Morgan fingerprint density at radius 1 is 1.21 bits per heavy atom. The fourth-order valence-corrected chi connectivity index (χ4v) is 3.82. The second-order valence-corrected chi connectivity index (χ2v) is 8.07. The minimum atomic E-state index is -0.210. The molecule has 0 radical (unpaired) electrons. The van der Waals surface area contributed by atoms with Gasteiger partial charge in [0.25, 0.3) is 0 Å². The lowest BCUT2D eigenvalue weighted by atomic mass is 10.0. The molecule has 0 bridgehead atoms. The Morgan fingerprint density at radius 3 is 2.72 bits per heavy atom. The van der Waals surface area contributed by atoms with Gasteiger partial charge >= 0.3 is 6.03 Å². The van der Waals surface area contributed by atoms with Crippen molar-refractivity contribution in [2.24, 2.45) is 0 Å². The predicted molar refractivity (Wildman–Crippen MR) is 116 cm³/mol. The molecule has 1 aliphatic heterocycles. The van der Waals surface area contributed by atoms with Crippen molar-refractivity contribution in [3.05, 3.63) is 65.0 Å². The van der Waals surface area contributed by atoms with Crippen LogP contribution in [0.1, 0.15) is 29.5 Å². The number of rotatable bonds is 6. The lowest BCUT2D eigenvalue weighted by Gasteiger charge is -2.35. The Hall–Kier alpha value is -2.60. The second kappa shape index (κ2) is 9.74. The molecule has 0 saturated carbocycles. The molecule has 1 unspecified atom stereocenters. The molecule has 3 rings (SSSR count). The Balaban J connectivity index is 1.55. The Labute approximate surface area is 172 Å². The molecule has 156 valence electrons. The summed E-state index contributed by atoms with van der Waals surface area (Å²) in [6, 6.07) is 13.1. The van der Waals surface area contributed by atoms with Crippen LogP contribution in [0.3, 0.4) is 0 Å². The lowest BCUT2D eigenvalue weighted by molar-refractivity contribution is 0.234. The van der Waals surface area contributed by atoms with E-state index in [0.717, 1.165) is 37.1 Å². The minimum Gasteiger partial charge on any atom is -0.367 e. The molecular weight excluding hydrogens is 367 g/mol. The van der Waals surface area contributed by atoms with E-state index in [1.54, 1.807) is 6.07 Å². The Bertz CT molecular complexity index is 839. The first kappa shape index (κ1) is 21.1. The molecule has 5 nitrogen and oxygen atoms in total. The van der Waals surface area contributed by atoms with Crippen molar-refractivity contribution in [2.45, 2.75) is 38.9 Å². The first-order valence-electron chi connectivity index (χ1n) is 10.2. The van der Waals surface area contributed by atoms with Crippen LogP contribution in [0.4, 0.5) is 14.9 Å². The molecule has 2 N–H and O–H groups in total. The van der Waals surface area contributed by atoms with Gasteiger partial charge in [-0.2, -0.15) is 0 Å². The summed E-state index contributed by atoms with van der Waals surface area (Å²) in [7, 11) is 4.06. The average Bonchev–Trinajstić information content (AvgIpc) is 2.69. The molecule has 1 heterocycles. The van der Waals surface area contributed by atoms with Crippen LogP contribution in [-0.4, -0.2) is 44.2 Å². The topological polar surface area (TPSA) is 47.6 Å². The van der Waals surface area contributed by atoms with Gasteiger partial charge in [-0.3, -0.25) is 0 Å². The third-order valence-electron chi connectivity index (χ3n) is 5.24. The number of benzene rings is 2. The standard InChI is InChI=1S/C23H31FN4O/c1-17-10-11-21(24)22(13-17)28-12-6-9-20(16-28)26-23(29)25-14-18-7-4-5-8-19(18)15-27(2)3/h4-5,7-8,10-11,13,20H,6,9,12,14-16H2,1-3H3,(H2,25,26,29). The number of halogens is 1. The molecule has 2 amide bonds. The van der Waals surface area contributed by atoms with E-state index in [4.69, 9.17) is 0 Å². The molecule has 29 heavy (non-hydrogen) atoms. The van der Waals surface area contributed by atoms with Gasteiger partial charge < -0.3 is 20.4 Å². The summed E-state index contributed by atoms with van der Waals surface area (Å²) < 4.78 is 14.2. The third kappa shape index (κ3) is 5.94. The molecule has 2 aromatic carbocycles. The maximum atomic E-state index is 14.2. The van der Waals surface area contributed by atoms with E-state index in [-0.39, 0.29) is 17.9 Å². The number of hydrogen-bond acceptors (Lipinski definition) is 3. The van der Waals surface area contributed by atoms with Gasteiger partial charge in [0.2, 0.25) is 0 Å². The number of piperidine rings is 1. The van der Waals surface area contributed by atoms with Gasteiger partial charge in [0.05, 0.1) is 5.69 Å². The zero-order valence-corrected chi connectivity index (χ0v) is 17.5. The minimum absolute atomic E-state index is 0.000631. The number of carbonyl (C=O) groups is 1. The van der Waals surface area contributed by atoms with Crippen LogP contribution < -0.4 is 15.5 Å². The SMILES string of the molecule is Cc1ccc(F)c(N2CCCC(NC(=O)NCc3ccccc3CN(C)C)C2)c1. The summed E-state index contributed by atoms with van der Waals surface area (Å²) in [6.45, 7) is 4.70. The van der Waals surface area contributed by atoms with E-state index < -0.39 is 0 Å². The molecule has 6 heteroatoms. The first-order valence-corrected chi connectivity index (χ1v) is 10.2. The van der Waals surface area contributed by atoms with Crippen LogP contribution in [0.5, 0.6) is 0 Å². The predicted octanol–water partition coefficient (Wildman–Crippen LogP) is 3.66.